The zero-order chi connectivity index (χ0) is 19.8. The molecule has 0 bridgehead atoms. The fourth-order valence-corrected chi connectivity index (χ4v) is 3.09. The predicted octanol–water partition coefficient (Wildman–Crippen LogP) is 5.98. The number of carboxylic acid groups (broad SMARTS) is 1. The van der Waals surface area contributed by atoms with Gasteiger partial charge in [0.2, 0.25) is 0 Å². The number of benzene rings is 3. The van der Waals surface area contributed by atoms with Crippen LogP contribution in [-0.2, 0) is 11.2 Å². The van der Waals surface area contributed by atoms with Crippen molar-refractivity contribution in [3.05, 3.63) is 101 Å². The summed E-state index contributed by atoms with van der Waals surface area (Å²) < 4.78 is 5.93. The zero-order valence-electron chi connectivity index (χ0n) is 15.3. The molecule has 3 aromatic rings. The summed E-state index contributed by atoms with van der Waals surface area (Å²) in [5.41, 5.74) is 2.73. The number of carboxylic acids is 1. The SMILES string of the molecule is O=C(O)/C(=C\c1cc(Cl)ccc1OCCCc1ccccc1)c1ccccc1. The summed E-state index contributed by atoms with van der Waals surface area (Å²) in [6.07, 6.45) is 3.39. The van der Waals surface area contributed by atoms with Crippen molar-refractivity contribution in [2.24, 2.45) is 0 Å². The van der Waals surface area contributed by atoms with Gasteiger partial charge >= 0.3 is 5.97 Å². The monoisotopic (exact) mass is 392 g/mol. The van der Waals surface area contributed by atoms with Gasteiger partial charge in [0.05, 0.1) is 12.2 Å². The lowest BCUT2D eigenvalue weighted by Crippen LogP contribution is -2.02. The number of aliphatic carboxylic acids is 1. The van der Waals surface area contributed by atoms with E-state index in [2.05, 4.69) is 12.1 Å². The van der Waals surface area contributed by atoms with E-state index in [0.29, 0.717) is 28.5 Å². The molecule has 0 saturated carbocycles. The van der Waals surface area contributed by atoms with Crippen molar-refractivity contribution in [2.75, 3.05) is 6.61 Å². The van der Waals surface area contributed by atoms with E-state index in [1.165, 1.54) is 5.56 Å². The van der Waals surface area contributed by atoms with Gasteiger partial charge in [-0.1, -0.05) is 72.3 Å². The Morgan fingerprint density at radius 3 is 2.32 bits per heavy atom. The van der Waals surface area contributed by atoms with Gasteiger partial charge in [-0.2, -0.15) is 0 Å². The summed E-state index contributed by atoms with van der Waals surface area (Å²) in [5, 5.41) is 10.2. The van der Waals surface area contributed by atoms with Crippen LogP contribution in [0.2, 0.25) is 5.02 Å². The molecular formula is C24H21ClO3. The summed E-state index contributed by atoms with van der Waals surface area (Å²) >= 11 is 6.13. The number of ether oxygens (including phenoxy) is 1. The van der Waals surface area contributed by atoms with E-state index in [1.54, 1.807) is 36.4 Å². The van der Waals surface area contributed by atoms with Gasteiger partial charge in [0, 0.05) is 10.6 Å². The van der Waals surface area contributed by atoms with Gasteiger partial charge in [-0.3, -0.25) is 0 Å². The number of hydrogen-bond donors (Lipinski definition) is 1. The normalized spacial score (nSPS) is 11.2. The van der Waals surface area contributed by atoms with Crippen molar-refractivity contribution in [2.45, 2.75) is 12.8 Å². The van der Waals surface area contributed by atoms with Crippen LogP contribution in [0.4, 0.5) is 0 Å². The minimum absolute atomic E-state index is 0.192. The second-order valence-electron chi connectivity index (χ2n) is 6.35. The largest absolute Gasteiger partial charge is 0.493 e. The standard InChI is InChI=1S/C24H21ClO3/c25-21-13-14-23(28-15-7-10-18-8-3-1-4-9-18)20(16-21)17-22(24(26)27)19-11-5-2-6-12-19/h1-6,8-9,11-14,16-17H,7,10,15H2,(H,26,27)/b22-17-. The maximum atomic E-state index is 11.8. The van der Waals surface area contributed by atoms with Crippen LogP contribution < -0.4 is 4.74 Å². The summed E-state index contributed by atoms with van der Waals surface area (Å²) in [7, 11) is 0. The fraction of sp³-hybridized carbons (Fsp3) is 0.125. The molecule has 3 aromatic carbocycles. The van der Waals surface area contributed by atoms with Gasteiger partial charge in [-0.15, -0.1) is 0 Å². The molecule has 0 aromatic heterocycles. The molecule has 0 atom stereocenters. The lowest BCUT2D eigenvalue weighted by Gasteiger charge is -2.11. The van der Waals surface area contributed by atoms with Gasteiger partial charge in [-0.25, -0.2) is 4.79 Å². The molecule has 0 aliphatic heterocycles. The summed E-state index contributed by atoms with van der Waals surface area (Å²) in [4.78, 5) is 11.8. The molecule has 0 saturated heterocycles. The minimum atomic E-state index is -0.999. The second kappa shape index (κ2) is 9.77. The Hall–Kier alpha value is -3.04. The van der Waals surface area contributed by atoms with E-state index in [0.717, 1.165) is 12.8 Å². The van der Waals surface area contributed by atoms with Crippen molar-refractivity contribution in [1.29, 1.82) is 0 Å². The fourth-order valence-electron chi connectivity index (χ4n) is 2.91. The molecule has 0 heterocycles. The van der Waals surface area contributed by atoms with Crippen molar-refractivity contribution >= 4 is 29.2 Å². The maximum absolute atomic E-state index is 11.8. The molecule has 0 spiro atoms. The summed E-state index contributed by atoms with van der Waals surface area (Å²) in [6.45, 7) is 0.533. The average Bonchev–Trinajstić information content (AvgIpc) is 2.72. The highest BCUT2D eigenvalue weighted by Gasteiger charge is 2.12. The van der Waals surface area contributed by atoms with Gasteiger partial charge in [0.25, 0.3) is 0 Å². The number of rotatable bonds is 8. The molecule has 3 nitrogen and oxygen atoms in total. The quantitative estimate of drug-likeness (QED) is 0.291. The number of aryl methyl sites for hydroxylation is 1. The first-order chi connectivity index (χ1) is 13.6. The molecule has 4 heteroatoms. The Kier molecular flexibility index (Phi) is 6.88. The van der Waals surface area contributed by atoms with Crippen LogP contribution in [-0.4, -0.2) is 17.7 Å². The van der Waals surface area contributed by atoms with E-state index in [4.69, 9.17) is 16.3 Å². The van der Waals surface area contributed by atoms with E-state index >= 15 is 0 Å². The lowest BCUT2D eigenvalue weighted by molar-refractivity contribution is -0.130. The van der Waals surface area contributed by atoms with E-state index in [-0.39, 0.29) is 5.57 Å². The second-order valence-corrected chi connectivity index (χ2v) is 6.79. The van der Waals surface area contributed by atoms with Crippen LogP contribution in [0.1, 0.15) is 23.1 Å². The zero-order valence-corrected chi connectivity index (χ0v) is 16.1. The lowest BCUT2D eigenvalue weighted by atomic mass is 10.0. The van der Waals surface area contributed by atoms with Crippen LogP contribution in [0, 0.1) is 0 Å². The first-order valence-corrected chi connectivity index (χ1v) is 9.48. The van der Waals surface area contributed by atoms with E-state index in [1.807, 2.05) is 36.4 Å². The number of carbonyl (C=O) groups is 1. The molecule has 0 aliphatic rings. The average molecular weight is 393 g/mol. The van der Waals surface area contributed by atoms with Crippen molar-refractivity contribution < 1.29 is 14.6 Å². The third-order valence-electron chi connectivity index (χ3n) is 4.30. The molecule has 0 fully saturated rings. The van der Waals surface area contributed by atoms with E-state index < -0.39 is 5.97 Å². The predicted molar refractivity (Wildman–Crippen MR) is 114 cm³/mol. The third kappa shape index (κ3) is 5.48. The Morgan fingerprint density at radius 1 is 0.964 bits per heavy atom. The molecule has 1 N–H and O–H groups in total. The van der Waals surface area contributed by atoms with Crippen LogP contribution in [0.3, 0.4) is 0 Å². The van der Waals surface area contributed by atoms with Crippen LogP contribution in [0.25, 0.3) is 11.6 Å². The van der Waals surface area contributed by atoms with Gasteiger partial charge < -0.3 is 9.84 Å². The number of hydrogen-bond acceptors (Lipinski definition) is 2. The van der Waals surface area contributed by atoms with Gasteiger partial charge in [0.1, 0.15) is 5.75 Å². The highest BCUT2D eigenvalue weighted by atomic mass is 35.5. The van der Waals surface area contributed by atoms with Crippen molar-refractivity contribution in [1.82, 2.24) is 0 Å². The molecular weight excluding hydrogens is 372 g/mol. The Morgan fingerprint density at radius 2 is 1.64 bits per heavy atom. The van der Waals surface area contributed by atoms with E-state index in [9.17, 15) is 9.90 Å². The Labute approximate surface area is 169 Å². The minimum Gasteiger partial charge on any atom is -0.493 e. The summed E-state index contributed by atoms with van der Waals surface area (Å²) in [6, 6.07) is 24.5. The van der Waals surface area contributed by atoms with Gasteiger partial charge in [-0.05, 0) is 48.2 Å². The number of halogens is 1. The van der Waals surface area contributed by atoms with Gasteiger partial charge in [0.15, 0.2) is 0 Å². The Bertz CT molecular complexity index is 950. The Balaban J connectivity index is 1.77. The third-order valence-corrected chi connectivity index (χ3v) is 4.53. The first kappa shape index (κ1) is 19.7. The smallest absolute Gasteiger partial charge is 0.336 e. The van der Waals surface area contributed by atoms with Crippen molar-refractivity contribution in [3.63, 3.8) is 0 Å². The first-order valence-electron chi connectivity index (χ1n) is 9.10. The molecule has 28 heavy (non-hydrogen) atoms. The molecule has 0 unspecified atom stereocenters. The maximum Gasteiger partial charge on any atom is 0.336 e. The van der Waals surface area contributed by atoms with Crippen LogP contribution >= 0.6 is 11.6 Å². The highest BCUT2D eigenvalue weighted by molar-refractivity contribution is 6.31. The van der Waals surface area contributed by atoms with Crippen LogP contribution in [0.15, 0.2) is 78.9 Å². The topological polar surface area (TPSA) is 46.5 Å². The molecule has 142 valence electrons. The molecule has 0 aliphatic carbocycles. The highest BCUT2D eigenvalue weighted by Crippen LogP contribution is 2.28. The van der Waals surface area contributed by atoms with Crippen LogP contribution in [0.5, 0.6) is 5.75 Å². The van der Waals surface area contributed by atoms with Crippen molar-refractivity contribution in [3.8, 4) is 5.75 Å². The molecule has 0 amide bonds. The summed E-state index contributed by atoms with van der Waals surface area (Å²) in [5.74, 6) is -0.381. The molecule has 0 radical (unpaired) electrons. The molecule has 3 rings (SSSR count).